The second-order valence-corrected chi connectivity index (χ2v) is 15.8. The van der Waals surface area contributed by atoms with Crippen molar-refractivity contribution in [2.24, 2.45) is 0 Å². The summed E-state index contributed by atoms with van der Waals surface area (Å²) in [6.07, 6.45) is -4.19. The Morgan fingerprint density at radius 2 is 0.860 bits per heavy atom. The zero-order chi connectivity index (χ0) is 41.9. The van der Waals surface area contributed by atoms with E-state index in [1.165, 1.54) is 0 Å². The van der Waals surface area contributed by atoms with Crippen molar-refractivity contribution in [3.63, 3.8) is 0 Å². The Labute approximate surface area is 339 Å². The fourth-order valence-electron chi connectivity index (χ4n) is 4.87. The number of hydrogen-bond acceptors (Lipinski definition) is 5. The zero-order valence-electron chi connectivity index (χ0n) is 32.5. The predicted molar refractivity (Wildman–Crippen MR) is 196 cm³/mol. The molecule has 0 aliphatic carbocycles. The average Bonchev–Trinajstić information content (AvgIpc) is 3.80. The fraction of sp³-hybridized carbons (Fsp3) is 0.341. The maximum atomic E-state index is 13.7. The number of rotatable bonds is 3. The summed E-state index contributed by atoms with van der Waals surface area (Å²) in [4.78, 5) is 12.2. The molecule has 7 nitrogen and oxygen atoms in total. The van der Waals surface area contributed by atoms with Crippen LogP contribution in [0.15, 0.2) is 79.3 Å². The van der Waals surface area contributed by atoms with Gasteiger partial charge in [0.25, 0.3) is 0 Å². The molecule has 0 radical (unpaired) electrons. The van der Waals surface area contributed by atoms with E-state index in [1.54, 1.807) is 30.7 Å². The van der Waals surface area contributed by atoms with E-state index < -0.39 is 35.4 Å². The number of halogens is 8. The largest absolute Gasteiger partial charge is 3.00 e. The Bertz CT molecular complexity index is 2130. The first-order chi connectivity index (χ1) is 25.7. The standard InChI is InChI=1S/C15H14F2N.2C13H13F3N3.Ir/c1-15(2,3)10-6-7-18-14(8-10)12-5-4-11(16)9-13(12)17;2*1-12(2,3)8-4-5-17-9(6-8)10-7-11(19-18-10)13(14,15)16;/h4,6-9H,1-3H3;2*4-7H,1-3H3;/q3*-1;+3. The summed E-state index contributed by atoms with van der Waals surface area (Å²) >= 11 is 0. The van der Waals surface area contributed by atoms with Gasteiger partial charge in [0, 0.05) is 41.6 Å². The SMILES string of the molecule is CC(C)(C)c1ccnc(-c2[c-]cc(F)cc2F)c1.CC(C)(C)c1ccnc(-c2cc(C(F)(F)F)n[n-]2)c1.CC(C)(C)c1ccnc(-c2cc(C(F)(F)F)n[n-]2)c1.[Ir+3]. The van der Waals surface area contributed by atoms with Crippen LogP contribution in [0.1, 0.15) is 90.4 Å². The van der Waals surface area contributed by atoms with Crippen molar-refractivity contribution < 1.29 is 55.2 Å². The monoisotopic (exact) mass is 975 g/mol. The molecule has 0 amide bonds. The molecule has 0 saturated carbocycles. The third kappa shape index (κ3) is 12.8. The van der Waals surface area contributed by atoms with Crippen LogP contribution < -0.4 is 10.2 Å². The molecule has 0 aliphatic rings. The smallest absolute Gasteiger partial charge is 0.573 e. The molecule has 0 bridgehead atoms. The fourth-order valence-corrected chi connectivity index (χ4v) is 4.87. The Balaban J connectivity index is 0.000000227. The van der Waals surface area contributed by atoms with Crippen LogP contribution in [0.2, 0.25) is 0 Å². The Kier molecular flexibility index (Phi) is 14.5. The van der Waals surface area contributed by atoms with Gasteiger partial charge in [-0.2, -0.15) is 26.3 Å². The molecule has 1 aromatic carbocycles. The van der Waals surface area contributed by atoms with Crippen LogP contribution in [0.4, 0.5) is 35.1 Å². The van der Waals surface area contributed by atoms with Gasteiger partial charge in [-0.15, -0.1) is 12.1 Å². The van der Waals surface area contributed by atoms with Gasteiger partial charge in [0.1, 0.15) is 11.4 Å². The molecule has 304 valence electrons. The van der Waals surface area contributed by atoms with Gasteiger partial charge in [0.15, 0.2) is 0 Å². The molecule has 0 atom stereocenters. The average molecular weight is 975 g/mol. The summed E-state index contributed by atoms with van der Waals surface area (Å²) in [5.74, 6) is -1.28. The van der Waals surface area contributed by atoms with Gasteiger partial charge in [-0.05, 0) is 81.1 Å². The number of benzene rings is 1. The number of aromatic nitrogens is 7. The van der Waals surface area contributed by atoms with E-state index in [4.69, 9.17) is 0 Å². The molecule has 0 spiro atoms. The number of nitrogens with zero attached hydrogens (tertiary/aromatic N) is 7. The molecule has 0 N–H and O–H groups in total. The summed E-state index contributed by atoms with van der Waals surface area (Å²) in [6, 6.07) is 17.2. The first kappa shape index (κ1) is 46.6. The van der Waals surface area contributed by atoms with E-state index in [0.717, 1.165) is 41.0 Å². The van der Waals surface area contributed by atoms with E-state index >= 15 is 0 Å². The van der Waals surface area contributed by atoms with Crippen LogP contribution in [-0.2, 0) is 48.7 Å². The summed E-state index contributed by atoms with van der Waals surface area (Å²) in [6.45, 7) is 18.3. The molecule has 0 aliphatic heterocycles. The van der Waals surface area contributed by atoms with Crippen LogP contribution in [0.3, 0.4) is 0 Å². The first-order valence-corrected chi connectivity index (χ1v) is 17.2. The quantitative estimate of drug-likeness (QED) is 0.129. The van der Waals surface area contributed by atoms with Gasteiger partial charge in [-0.1, -0.05) is 91.4 Å². The molecule has 6 aromatic rings. The van der Waals surface area contributed by atoms with Crippen molar-refractivity contribution in [3.8, 4) is 34.0 Å². The molecule has 6 rings (SSSR count). The minimum atomic E-state index is -4.48. The third-order valence-electron chi connectivity index (χ3n) is 8.18. The second-order valence-electron chi connectivity index (χ2n) is 15.8. The zero-order valence-corrected chi connectivity index (χ0v) is 34.9. The Hall–Kier alpha value is -4.82. The number of pyridine rings is 3. The first-order valence-electron chi connectivity index (χ1n) is 17.2. The molecule has 0 unspecified atom stereocenters. The van der Waals surface area contributed by atoms with E-state index in [0.29, 0.717) is 17.1 Å². The number of hydrogen-bond donors (Lipinski definition) is 0. The van der Waals surface area contributed by atoms with Crippen molar-refractivity contribution in [2.75, 3.05) is 0 Å². The van der Waals surface area contributed by atoms with Crippen molar-refractivity contribution in [3.05, 3.63) is 125 Å². The van der Waals surface area contributed by atoms with Crippen molar-refractivity contribution in [1.82, 2.24) is 35.3 Å². The molecule has 57 heavy (non-hydrogen) atoms. The summed E-state index contributed by atoms with van der Waals surface area (Å²) in [7, 11) is 0. The normalized spacial score (nSPS) is 12.2. The summed E-state index contributed by atoms with van der Waals surface area (Å²) in [5, 5.41) is 13.4. The summed E-state index contributed by atoms with van der Waals surface area (Å²) in [5.41, 5.74) is 2.50. The van der Waals surface area contributed by atoms with Crippen molar-refractivity contribution >= 4 is 0 Å². The van der Waals surface area contributed by atoms with Crippen LogP contribution in [0, 0.1) is 17.7 Å². The minimum Gasteiger partial charge on any atom is -0.573 e. The van der Waals surface area contributed by atoms with Gasteiger partial charge >= 0.3 is 32.5 Å². The third-order valence-corrected chi connectivity index (χ3v) is 8.18. The predicted octanol–water partition coefficient (Wildman–Crippen LogP) is 11.0. The topological polar surface area (TPSA) is 92.7 Å². The van der Waals surface area contributed by atoms with Crippen LogP contribution in [0.5, 0.6) is 0 Å². The van der Waals surface area contributed by atoms with E-state index in [2.05, 4.69) is 62.2 Å². The molecular formula is C41H40F8IrN7. The maximum absolute atomic E-state index is 13.7. The summed E-state index contributed by atoms with van der Waals surface area (Å²) < 4.78 is 101. The van der Waals surface area contributed by atoms with Gasteiger partial charge in [-0.3, -0.25) is 18.7 Å². The van der Waals surface area contributed by atoms with Gasteiger partial charge in [-0.25, -0.2) is 0 Å². The van der Waals surface area contributed by atoms with Gasteiger partial charge in [0.2, 0.25) is 0 Å². The van der Waals surface area contributed by atoms with Crippen LogP contribution in [-0.4, -0.2) is 25.1 Å². The molecule has 0 saturated heterocycles. The van der Waals surface area contributed by atoms with E-state index in [1.807, 2.05) is 65.8 Å². The minimum absolute atomic E-state index is 0. The molecule has 5 aromatic heterocycles. The second kappa shape index (κ2) is 17.8. The number of alkyl halides is 6. The van der Waals surface area contributed by atoms with E-state index in [-0.39, 0.29) is 53.3 Å². The molecule has 0 fully saturated rings. The maximum Gasteiger partial charge on any atom is 3.00 e. The van der Waals surface area contributed by atoms with Crippen LogP contribution in [0.25, 0.3) is 34.0 Å². The molecule has 16 heteroatoms. The molecular weight excluding hydrogens is 935 g/mol. The van der Waals surface area contributed by atoms with E-state index in [9.17, 15) is 35.1 Å². The van der Waals surface area contributed by atoms with Crippen molar-refractivity contribution in [1.29, 1.82) is 0 Å². The Morgan fingerprint density at radius 3 is 1.18 bits per heavy atom. The Morgan fingerprint density at radius 1 is 0.509 bits per heavy atom. The van der Waals surface area contributed by atoms with Crippen LogP contribution >= 0.6 is 0 Å². The van der Waals surface area contributed by atoms with Gasteiger partial charge in [0.05, 0.1) is 0 Å². The van der Waals surface area contributed by atoms with Gasteiger partial charge < -0.3 is 25.4 Å². The van der Waals surface area contributed by atoms with Crippen molar-refractivity contribution in [2.45, 2.75) is 90.9 Å². The molecule has 5 heterocycles.